The maximum Gasteiger partial charge on any atom is 0.308 e. The molecule has 6 nitrogen and oxygen atoms in total. The fourth-order valence-electron chi connectivity index (χ4n) is 9.14. The number of ether oxygens (including phenoxy) is 2. The van der Waals surface area contributed by atoms with Gasteiger partial charge in [0, 0.05) is 54.1 Å². The molecule has 0 N–H and O–H groups in total. The van der Waals surface area contributed by atoms with Gasteiger partial charge in [-0.25, -0.2) is 0 Å². The van der Waals surface area contributed by atoms with Gasteiger partial charge in [-0.3, -0.25) is 14.5 Å². The molecule has 2 aliphatic heterocycles. The van der Waals surface area contributed by atoms with Crippen molar-refractivity contribution in [2.24, 2.45) is 11.8 Å². The van der Waals surface area contributed by atoms with Crippen molar-refractivity contribution in [3.05, 3.63) is 94.0 Å². The molecule has 1 spiro atoms. The molecule has 0 unspecified atom stereocenters. The summed E-state index contributed by atoms with van der Waals surface area (Å²) in [4.78, 5) is 31.0. The predicted molar refractivity (Wildman–Crippen MR) is 184 cm³/mol. The van der Waals surface area contributed by atoms with Crippen molar-refractivity contribution in [3.8, 4) is 23.3 Å². The number of hydrogen-bond donors (Lipinski definition) is 0. The normalized spacial score (nSPS) is 25.3. The highest BCUT2D eigenvalue weighted by molar-refractivity contribution is 5.94. The third-order valence-corrected chi connectivity index (χ3v) is 11.2. The van der Waals surface area contributed by atoms with Crippen LogP contribution in [-0.2, 0) is 27.8 Å². The van der Waals surface area contributed by atoms with Crippen LogP contribution in [0.4, 0.5) is 0 Å². The summed E-state index contributed by atoms with van der Waals surface area (Å²) in [5.41, 5.74) is 6.69. The molecule has 3 aromatic carbocycles. The summed E-state index contributed by atoms with van der Waals surface area (Å²) in [6.45, 7) is 12.5. The van der Waals surface area contributed by atoms with Gasteiger partial charge in [-0.2, -0.15) is 0 Å². The van der Waals surface area contributed by atoms with E-state index in [1.54, 1.807) is 0 Å². The summed E-state index contributed by atoms with van der Waals surface area (Å²) in [5.74, 6) is 7.99. The van der Waals surface area contributed by atoms with E-state index in [0.717, 1.165) is 62.1 Å². The highest BCUT2D eigenvalue weighted by Gasteiger charge is 2.66. The summed E-state index contributed by atoms with van der Waals surface area (Å²) >= 11 is 0. The average Bonchev–Trinajstić information content (AvgIpc) is 3.38. The monoisotopic (exact) mass is 630 g/mol. The molecule has 3 aromatic rings. The van der Waals surface area contributed by atoms with Crippen molar-refractivity contribution >= 4 is 11.9 Å². The topological polar surface area (TPSA) is 59.1 Å². The van der Waals surface area contributed by atoms with Gasteiger partial charge in [0.25, 0.3) is 5.91 Å². The number of piperidine rings is 1. The zero-order chi connectivity index (χ0) is 32.9. The van der Waals surface area contributed by atoms with Crippen molar-refractivity contribution in [3.63, 3.8) is 0 Å². The third kappa shape index (κ3) is 5.63. The molecule has 2 bridgehead atoms. The Bertz CT molecular complexity index is 1750. The molecule has 4 aliphatic rings. The predicted octanol–water partition coefficient (Wildman–Crippen LogP) is 6.42. The number of likely N-dealkylation sites (tertiary alicyclic amines) is 1. The number of carbonyl (C=O) groups excluding carboxylic acids is 2. The lowest BCUT2D eigenvalue weighted by Gasteiger charge is -2.60. The van der Waals surface area contributed by atoms with Crippen molar-refractivity contribution in [1.29, 1.82) is 0 Å². The van der Waals surface area contributed by atoms with Crippen LogP contribution < -0.4 is 9.47 Å². The molecule has 1 amide bonds. The van der Waals surface area contributed by atoms with E-state index >= 15 is 0 Å². The Morgan fingerprint density at radius 3 is 2.62 bits per heavy atom. The average molecular weight is 631 g/mol. The molecule has 2 aliphatic carbocycles. The standard InChI is InChI=1S/C41H46N2O4/c1-26(2)25-43(38(45)18-13-31-12-11-27(3)28(4)23-31)34-15-14-33-35-24-32-36(46-29(5)44)16-17-37-39(32)41(33,40(34)47-37)20-22-42(35)21-19-30-9-7-6-8-10-30/h6-12,16-17,23,26,33-35,40H,14-15,19-22,24-25H2,1-5H3/t33-,34-,35+,40-,41-/m0/s1. The van der Waals surface area contributed by atoms with Crippen LogP contribution in [0.15, 0.2) is 60.7 Å². The fourth-order valence-corrected chi connectivity index (χ4v) is 9.14. The molecular weight excluding hydrogens is 584 g/mol. The van der Waals surface area contributed by atoms with Crippen LogP contribution in [0.1, 0.15) is 73.4 Å². The first-order valence-corrected chi connectivity index (χ1v) is 17.3. The maximum absolute atomic E-state index is 14.1. The van der Waals surface area contributed by atoms with Gasteiger partial charge in [-0.1, -0.05) is 56.2 Å². The molecule has 2 heterocycles. The molecule has 244 valence electrons. The molecule has 7 rings (SSSR count). The second-order valence-corrected chi connectivity index (χ2v) is 14.5. The number of benzene rings is 3. The molecule has 1 saturated carbocycles. The Labute approximate surface area is 279 Å². The highest BCUT2D eigenvalue weighted by Crippen LogP contribution is 2.64. The van der Waals surface area contributed by atoms with Crippen LogP contribution in [-0.4, -0.2) is 59.5 Å². The number of aryl methyl sites for hydroxylation is 2. The lowest BCUT2D eigenvalue weighted by molar-refractivity contribution is -0.138. The first-order chi connectivity index (χ1) is 22.7. The summed E-state index contributed by atoms with van der Waals surface area (Å²) in [5, 5.41) is 0. The minimum Gasteiger partial charge on any atom is -0.487 e. The molecule has 5 atom stereocenters. The van der Waals surface area contributed by atoms with E-state index < -0.39 is 0 Å². The van der Waals surface area contributed by atoms with E-state index in [9.17, 15) is 9.59 Å². The molecule has 0 radical (unpaired) electrons. The van der Waals surface area contributed by atoms with Gasteiger partial charge in [-0.15, -0.1) is 0 Å². The van der Waals surface area contributed by atoms with Crippen LogP contribution >= 0.6 is 0 Å². The first-order valence-electron chi connectivity index (χ1n) is 17.3. The van der Waals surface area contributed by atoms with E-state index in [2.05, 4.69) is 86.9 Å². The number of amides is 1. The Balaban J connectivity index is 1.25. The van der Waals surface area contributed by atoms with E-state index in [-0.39, 0.29) is 35.4 Å². The lowest BCUT2D eigenvalue weighted by atomic mass is 9.50. The van der Waals surface area contributed by atoms with Crippen LogP contribution in [0.5, 0.6) is 11.5 Å². The van der Waals surface area contributed by atoms with Crippen molar-refractivity contribution in [2.45, 2.75) is 90.3 Å². The van der Waals surface area contributed by atoms with Gasteiger partial charge in [0.05, 0.1) is 6.04 Å². The first kappa shape index (κ1) is 31.5. The minimum atomic E-state index is -0.306. The van der Waals surface area contributed by atoms with Crippen LogP contribution in [0.25, 0.3) is 0 Å². The van der Waals surface area contributed by atoms with Crippen LogP contribution in [0.3, 0.4) is 0 Å². The molecular formula is C41H46N2O4. The second-order valence-electron chi connectivity index (χ2n) is 14.5. The fraction of sp³-hybridized carbons (Fsp3) is 0.463. The molecule has 1 saturated heterocycles. The smallest absolute Gasteiger partial charge is 0.308 e. The maximum atomic E-state index is 14.1. The number of nitrogens with zero attached hydrogens (tertiary/aromatic N) is 2. The van der Waals surface area contributed by atoms with Crippen molar-refractivity contribution < 1.29 is 19.1 Å². The van der Waals surface area contributed by atoms with Gasteiger partial charge in [0.1, 0.15) is 17.6 Å². The lowest BCUT2D eigenvalue weighted by Crippen LogP contribution is -2.69. The van der Waals surface area contributed by atoms with E-state index in [1.165, 1.54) is 29.2 Å². The summed E-state index contributed by atoms with van der Waals surface area (Å²) in [6.07, 6.45) is 4.51. The van der Waals surface area contributed by atoms with E-state index in [0.29, 0.717) is 24.3 Å². The SMILES string of the molecule is CC(=O)Oc1ccc2c3c1C[C@@H]1[C@@H]4CC[C@H](N(CC(C)C)C(=O)C#Cc5ccc(C)c(C)c5)[C@H](O2)[C@]34CCN1CCc1ccccc1. The summed E-state index contributed by atoms with van der Waals surface area (Å²) in [7, 11) is 0. The number of esters is 1. The number of rotatable bonds is 7. The zero-order valence-corrected chi connectivity index (χ0v) is 28.3. The highest BCUT2D eigenvalue weighted by atomic mass is 16.5. The quantitative estimate of drug-likeness (QED) is 0.172. The van der Waals surface area contributed by atoms with Gasteiger partial charge in [-0.05, 0) is 105 Å². The molecule has 6 heteroatoms. The second kappa shape index (κ2) is 12.5. The third-order valence-electron chi connectivity index (χ3n) is 11.2. The van der Waals surface area contributed by atoms with Gasteiger partial charge >= 0.3 is 5.97 Å². The van der Waals surface area contributed by atoms with Crippen molar-refractivity contribution in [1.82, 2.24) is 9.80 Å². The van der Waals surface area contributed by atoms with Crippen LogP contribution in [0, 0.1) is 37.5 Å². The van der Waals surface area contributed by atoms with E-state index in [4.69, 9.17) is 9.47 Å². The molecule has 47 heavy (non-hydrogen) atoms. The number of hydrogen-bond acceptors (Lipinski definition) is 5. The molecule has 0 aromatic heterocycles. The summed E-state index contributed by atoms with van der Waals surface area (Å²) < 4.78 is 12.9. The Hall–Kier alpha value is -4.08. The number of carbonyl (C=O) groups is 2. The van der Waals surface area contributed by atoms with Crippen molar-refractivity contribution in [2.75, 3.05) is 19.6 Å². The van der Waals surface area contributed by atoms with Gasteiger partial charge in [0.2, 0.25) is 0 Å². The summed E-state index contributed by atoms with van der Waals surface area (Å²) in [6, 6.07) is 21.0. The largest absolute Gasteiger partial charge is 0.487 e. The van der Waals surface area contributed by atoms with Crippen LogP contribution in [0.2, 0.25) is 0 Å². The van der Waals surface area contributed by atoms with E-state index in [1.807, 2.05) is 23.1 Å². The van der Waals surface area contributed by atoms with Gasteiger partial charge < -0.3 is 14.4 Å². The molecule has 2 fully saturated rings. The Morgan fingerprint density at radius 1 is 1.06 bits per heavy atom. The Morgan fingerprint density at radius 2 is 1.87 bits per heavy atom. The minimum absolute atomic E-state index is 0.0951. The Kier molecular flexibility index (Phi) is 8.39. The van der Waals surface area contributed by atoms with Gasteiger partial charge in [0.15, 0.2) is 0 Å². The zero-order valence-electron chi connectivity index (χ0n) is 28.3.